The van der Waals surface area contributed by atoms with Crippen LogP contribution in [0.2, 0.25) is 0 Å². The van der Waals surface area contributed by atoms with Crippen LogP contribution in [0.25, 0.3) is 0 Å². The molecule has 0 aliphatic carbocycles. The molecule has 0 saturated carbocycles. The van der Waals surface area contributed by atoms with Gasteiger partial charge in [0.1, 0.15) is 12.6 Å². The molecule has 0 unspecified atom stereocenters. The minimum atomic E-state index is -3.76. The third-order valence-corrected chi connectivity index (χ3v) is 7.17. The lowest BCUT2D eigenvalue weighted by Crippen LogP contribution is -2.52. The van der Waals surface area contributed by atoms with Gasteiger partial charge < -0.3 is 10.2 Å². The first-order chi connectivity index (χ1) is 16.1. The van der Waals surface area contributed by atoms with Gasteiger partial charge in [-0.25, -0.2) is 8.42 Å². The Labute approximate surface area is 218 Å². The smallest absolute Gasteiger partial charge is 0.244 e. The average Bonchev–Trinajstić information content (AvgIpc) is 2.73. The molecule has 0 aliphatic rings. The number of nitrogens with one attached hydrogen (secondary N) is 1. The SMILES string of the molecule is CC(C)NC(=O)[C@@H](C)N(Cc1cccc(Br)c1)C(=O)CN(c1ccc(C(C)(C)C)cc1)S(C)(=O)=O. The summed E-state index contributed by atoms with van der Waals surface area (Å²) in [5.41, 5.74) is 2.17. The van der Waals surface area contributed by atoms with E-state index in [0.717, 1.165) is 26.2 Å². The summed E-state index contributed by atoms with van der Waals surface area (Å²) in [6.07, 6.45) is 1.07. The number of amides is 2. The van der Waals surface area contributed by atoms with E-state index in [0.29, 0.717) is 5.69 Å². The first kappa shape index (κ1) is 28.8. The van der Waals surface area contributed by atoms with Gasteiger partial charge in [-0.05, 0) is 61.6 Å². The molecular formula is C26H36BrN3O4S. The van der Waals surface area contributed by atoms with Crippen molar-refractivity contribution in [3.63, 3.8) is 0 Å². The van der Waals surface area contributed by atoms with Crippen LogP contribution in [0.3, 0.4) is 0 Å². The van der Waals surface area contributed by atoms with Crippen molar-refractivity contribution in [1.82, 2.24) is 10.2 Å². The Morgan fingerprint density at radius 1 is 1.03 bits per heavy atom. The summed E-state index contributed by atoms with van der Waals surface area (Å²) in [5.74, 6) is -0.773. The fourth-order valence-electron chi connectivity index (χ4n) is 3.56. The van der Waals surface area contributed by atoms with E-state index < -0.39 is 28.5 Å². The van der Waals surface area contributed by atoms with Crippen molar-refractivity contribution in [2.45, 2.75) is 65.6 Å². The molecule has 192 valence electrons. The second kappa shape index (κ2) is 11.6. The number of rotatable bonds is 9. The van der Waals surface area contributed by atoms with Crippen molar-refractivity contribution in [3.8, 4) is 0 Å². The predicted molar refractivity (Wildman–Crippen MR) is 145 cm³/mol. The summed E-state index contributed by atoms with van der Waals surface area (Å²) in [6.45, 7) is 11.3. The Kier molecular flexibility index (Phi) is 9.53. The van der Waals surface area contributed by atoms with E-state index in [2.05, 4.69) is 42.0 Å². The van der Waals surface area contributed by atoms with E-state index in [-0.39, 0.29) is 23.9 Å². The van der Waals surface area contributed by atoms with Gasteiger partial charge in [0.25, 0.3) is 0 Å². The minimum Gasteiger partial charge on any atom is -0.352 e. The molecule has 0 heterocycles. The maximum Gasteiger partial charge on any atom is 0.244 e. The van der Waals surface area contributed by atoms with Crippen molar-refractivity contribution in [3.05, 3.63) is 64.1 Å². The first-order valence-electron chi connectivity index (χ1n) is 11.5. The highest BCUT2D eigenvalue weighted by Crippen LogP contribution is 2.26. The van der Waals surface area contributed by atoms with Crippen LogP contribution in [0.4, 0.5) is 5.69 Å². The van der Waals surface area contributed by atoms with Gasteiger partial charge in [-0.15, -0.1) is 0 Å². The van der Waals surface area contributed by atoms with Crippen LogP contribution >= 0.6 is 15.9 Å². The van der Waals surface area contributed by atoms with Crippen LogP contribution in [-0.4, -0.2) is 50.0 Å². The lowest BCUT2D eigenvalue weighted by Gasteiger charge is -2.32. The summed E-state index contributed by atoms with van der Waals surface area (Å²) in [5, 5.41) is 2.84. The third kappa shape index (κ3) is 8.35. The largest absolute Gasteiger partial charge is 0.352 e. The van der Waals surface area contributed by atoms with E-state index in [4.69, 9.17) is 0 Å². The van der Waals surface area contributed by atoms with Crippen molar-refractivity contribution in [2.24, 2.45) is 0 Å². The van der Waals surface area contributed by atoms with Gasteiger partial charge in [0, 0.05) is 17.1 Å². The number of halogens is 1. The Morgan fingerprint density at radius 2 is 1.63 bits per heavy atom. The number of anilines is 1. The normalized spacial score (nSPS) is 12.8. The average molecular weight is 567 g/mol. The number of hydrogen-bond donors (Lipinski definition) is 1. The second-order valence-corrected chi connectivity index (χ2v) is 12.9. The van der Waals surface area contributed by atoms with Crippen LogP contribution in [0.15, 0.2) is 53.0 Å². The molecule has 1 atom stereocenters. The molecule has 2 rings (SSSR count). The number of nitrogens with zero attached hydrogens (tertiary/aromatic N) is 2. The molecule has 0 aromatic heterocycles. The number of hydrogen-bond acceptors (Lipinski definition) is 4. The highest BCUT2D eigenvalue weighted by molar-refractivity contribution is 9.10. The van der Waals surface area contributed by atoms with Crippen molar-refractivity contribution >= 4 is 43.5 Å². The van der Waals surface area contributed by atoms with E-state index in [1.54, 1.807) is 19.1 Å². The highest BCUT2D eigenvalue weighted by atomic mass is 79.9. The van der Waals surface area contributed by atoms with Crippen molar-refractivity contribution in [2.75, 3.05) is 17.1 Å². The zero-order valence-corrected chi connectivity index (χ0v) is 23.9. The standard InChI is InChI=1S/C26H36BrN3O4S/c1-18(2)28-25(32)19(3)29(16-20-9-8-10-22(27)15-20)24(31)17-30(35(7,33)34)23-13-11-21(12-14-23)26(4,5)6/h8-15,18-19H,16-17H2,1-7H3,(H,28,32)/t19-/m1/s1. The molecule has 2 aromatic carbocycles. The van der Waals surface area contributed by atoms with Gasteiger partial charge in [0.15, 0.2) is 0 Å². The third-order valence-electron chi connectivity index (χ3n) is 5.54. The molecule has 1 N–H and O–H groups in total. The van der Waals surface area contributed by atoms with Crippen molar-refractivity contribution in [1.29, 1.82) is 0 Å². The summed E-state index contributed by atoms with van der Waals surface area (Å²) in [4.78, 5) is 27.8. The second-order valence-electron chi connectivity index (χ2n) is 10.1. The maximum absolute atomic E-state index is 13.5. The Morgan fingerprint density at radius 3 is 2.11 bits per heavy atom. The summed E-state index contributed by atoms with van der Waals surface area (Å²) < 4.78 is 27.3. The molecule has 2 amide bonds. The number of sulfonamides is 1. The minimum absolute atomic E-state index is 0.0930. The number of carbonyl (C=O) groups is 2. The molecule has 0 radical (unpaired) electrons. The lowest BCUT2D eigenvalue weighted by molar-refractivity contribution is -0.139. The van der Waals surface area contributed by atoms with Gasteiger partial charge >= 0.3 is 0 Å². The molecule has 7 nitrogen and oxygen atoms in total. The Hall–Kier alpha value is -2.39. The Bertz CT molecular complexity index is 1140. The molecule has 0 spiro atoms. The van der Waals surface area contributed by atoms with Crippen LogP contribution < -0.4 is 9.62 Å². The first-order valence-corrected chi connectivity index (χ1v) is 14.2. The molecule has 35 heavy (non-hydrogen) atoms. The topological polar surface area (TPSA) is 86.8 Å². The summed E-state index contributed by atoms with van der Waals surface area (Å²) >= 11 is 3.43. The zero-order valence-electron chi connectivity index (χ0n) is 21.5. The summed E-state index contributed by atoms with van der Waals surface area (Å²) in [6, 6.07) is 13.7. The van der Waals surface area contributed by atoms with Gasteiger partial charge in [-0.2, -0.15) is 0 Å². The number of benzene rings is 2. The van der Waals surface area contributed by atoms with E-state index in [1.165, 1.54) is 4.90 Å². The predicted octanol–water partition coefficient (Wildman–Crippen LogP) is 4.45. The van der Waals surface area contributed by atoms with Gasteiger partial charge in [0.05, 0.1) is 11.9 Å². The van der Waals surface area contributed by atoms with E-state index in [1.807, 2.05) is 50.2 Å². The maximum atomic E-state index is 13.5. The monoisotopic (exact) mass is 565 g/mol. The molecule has 0 bridgehead atoms. The van der Waals surface area contributed by atoms with Crippen LogP contribution in [0.1, 0.15) is 52.7 Å². The van der Waals surface area contributed by atoms with Crippen LogP contribution in [0, 0.1) is 0 Å². The molecule has 0 fully saturated rings. The Balaban J connectivity index is 2.40. The summed E-state index contributed by atoms with van der Waals surface area (Å²) in [7, 11) is -3.76. The van der Waals surface area contributed by atoms with E-state index >= 15 is 0 Å². The molecule has 0 saturated heterocycles. The van der Waals surface area contributed by atoms with E-state index in [9.17, 15) is 18.0 Å². The van der Waals surface area contributed by atoms with Gasteiger partial charge in [-0.3, -0.25) is 13.9 Å². The molecule has 9 heteroatoms. The zero-order chi connectivity index (χ0) is 26.6. The van der Waals surface area contributed by atoms with Gasteiger partial charge in [0.2, 0.25) is 21.8 Å². The fourth-order valence-corrected chi connectivity index (χ4v) is 4.86. The van der Waals surface area contributed by atoms with Crippen LogP contribution in [-0.2, 0) is 31.6 Å². The number of carbonyl (C=O) groups excluding carboxylic acids is 2. The molecule has 2 aromatic rings. The van der Waals surface area contributed by atoms with Crippen LogP contribution in [0.5, 0.6) is 0 Å². The van der Waals surface area contributed by atoms with Gasteiger partial charge in [-0.1, -0.05) is 61.0 Å². The quantitative estimate of drug-likeness (QED) is 0.486. The lowest BCUT2D eigenvalue weighted by atomic mass is 9.87. The molecular weight excluding hydrogens is 530 g/mol. The molecule has 0 aliphatic heterocycles. The van der Waals surface area contributed by atoms with Crippen molar-refractivity contribution < 1.29 is 18.0 Å². The highest BCUT2D eigenvalue weighted by Gasteiger charge is 2.30. The fraction of sp³-hybridized carbons (Fsp3) is 0.462.